The van der Waals surface area contributed by atoms with Crippen LogP contribution in [-0.4, -0.2) is 17.6 Å². The minimum Gasteiger partial charge on any atom is -0.295 e. The third-order valence-corrected chi connectivity index (χ3v) is 5.93. The van der Waals surface area contributed by atoms with E-state index in [9.17, 15) is 13.2 Å². The highest BCUT2D eigenvalue weighted by Crippen LogP contribution is 2.23. The second-order valence-corrected chi connectivity index (χ2v) is 7.90. The van der Waals surface area contributed by atoms with Gasteiger partial charge in [0.25, 0.3) is 10.0 Å². The van der Waals surface area contributed by atoms with Crippen LogP contribution in [0.3, 0.4) is 0 Å². The smallest absolute Gasteiger partial charge is 0.295 e. The monoisotopic (exact) mass is 367 g/mol. The van der Waals surface area contributed by atoms with Crippen molar-refractivity contribution in [2.24, 2.45) is 14.1 Å². The molecule has 0 bridgehead atoms. The Labute approximate surface area is 150 Å². The molecule has 0 fully saturated rings. The van der Waals surface area contributed by atoms with Gasteiger partial charge in [-0.1, -0.05) is 30.3 Å². The molecule has 0 spiro atoms. The number of benzene rings is 3. The summed E-state index contributed by atoms with van der Waals surface area (Å²) < 4.78 is 31.1. The largest absolute Gasteiger partial charge is 0.328 e. The predicted molar refractivity (Wildman–Crippen MR) is 103 cm³/mol. The van der Waals surface area contributed by atoms with Gasteiger partial charge < -0.3 is 0 Å². The van der Waals surface area contributed by atoms with E-state index in [1.54, 1.807) is 50.5 Å². The lowest BCUT2D eigenvalue weighted by Gasteiger charge is -2.09. The average molecular weight is 367 g/mol. The van der Waals surface area contributed by atoms with Crippen LogP contribution in [-0.2, 0) is 24.1 Å². The molecule has 0 aliphatic rings. The van der Waals surface area contributed by atoms with Gasteiger partial charge in [-0.3, -0.25) is 13.9 Å². The van der Waals surface area contributed by atoms with Crippen molar-refractivity contribution >= 4 is 37.5 Å². The molecular formula is C19H17N3O3S. The third-order valence-electron chi connectivity index (χ3n) is 4.56. The number of nitrogens with zero attached hydrogens (tertiary/aromatic N) is 2. The first-order valence-corrected chi connectivity index (χ1v) is 9.52. The summed E-state index contributed by atoms with van der Waals surface area (Å²) in [5.74, 6) is 0. The zero-order valence-corrected chi connectivity index (χ0v) is 15.1. The first-order chi connectivity index (χ1) is 12.4. The number of sulfonamides is 1. The van der Waals surface area contributed by atoms with Crippen LogP contribution in [0.25, 0.3) is 21.8 Å². The summed E-state index contributed by atoms with van der Waals surface area (Å²) in [4.78, 5) is 12.2. The first kappa shape index (κ1) is 16.4. The Morgan fingerprint density at radius 3 is 2.27 bits per heavy atom. The number of nitrogens with one attached hydrogen (secondary N) is 1. The van der Waals surface area contributed by atoms with E-state index in [-0.39, 0.29) is 10.6 Å². The summed E-state index contributed by atoms with van der Waals surface area (Å²) in [7, 11) is -0.391. The summed E-state index contributed by atoms with van der Waals surface area (Å²) in [6.07, 6.45) is 0. The standard InChI is InChI=1S/C19H17N3O3S/c1-21-17-10-8-15(12-18(17)22(2)19(21)23)20-26(24,25)16-9-7-13-5-3-4-6-14(13)11-16/h3-12,20H,1-2H3. The highest BCUT2D eigenvalue weighted by molar-refractivity contribution is 7.92. The summed E-state index contributed by atoms with van der Waals surface area (Å²) in [6.45, 7) is 0. The van der Waals surface area contributed by atoms with Crippen LogP contribution in [0.2, 0.25) is 0 Å². The van der Waals surface area contributed by atoms with Gasteiger partial charge in [-0.05, 0) is 41.1 Å². The van der Waals surface area contributed by atoms with E-state index in [0.717, 1.165) is 16.3 Å². The lowest BCUT2D eigenvalue weighted by molar-refractivity contribution is 0.601. The molecule has 1 aromatic heterocycles. The van der Waals surface area contributed by atoms with Gasteiger partial charge in [-0.25, -0.2) is 13.2 Å². The molecule has 1 heterocycles. The Kier molecular flexibility index (Phi) is 3.62. The second-order valence-electron chi connectivity index (χ2n) is 6.22. The number of imidazole rings is 1. The van der Waals surface area contributed by atoms with Crippen LogP contribution in [0.5, 0.6) is 0 Å². The van der Waals surface area contributed by atoms with Gasteiger partial charge in [0, 0.05) is 14.1 Å². The summed E-state index contributed by atoms with van der Waals surface area (Å²) >= 11 is 0. The molecule has 0 saturated heterocycles. The first-order valence-electron chi connectivity index (χ1n) is 8.04. The highest BCUT2D eigenvalue weighted by atomic mass is 32.2. The fourth-order valence-electron chi connectivity index (χ4n) is 3.12. The van der Waals surface area contributed by atoms with Crippen molar-refractivity contribution < 1.29 is 8.42 Å². The lowest BCUT2D eigenvalue weighted by atomic mass is 10.1. The van der Waals surface area contributed by atoms with Gasteiger partial charge in [-0.2, -0.15) is 0 Å². The molecule has 26 heavy (non-hydrogen) atoms. The molecule has 0 unspecified atom stereocenters. The van der Waals surface area contributed by atoms with Crippen LogP contribution in [0.4, 0.5) is 5.69 Å². The van der Waals surface area contributed by atoms with Gasteiger partial charge >= 0.3 is 5.69 Å². The van der Waals surface area contributed by atoms with Crippen LogP contribution in [0.1, 0.15) is 0 Å². The van der Waals surface area contributed by atoms with Crippen molar-refractivity contribution in [1.29, 1.82) is 0 Å². The number of aromatic nitrogens is 2. The van der Waals surface area contributed by atoms with Gasteiger partial charge in [0.2, 0.25) is 0 Å². The quantitative estimate of drug-likeness (QED) is 0.605. The lowest BCUT2D eigenvalue weighted by Crippen LogP contribution is -2.19. The highest BCUT2D eigenvalue weighted by Gasteiger charge is 2.16. The van der Waals surface area contributed by atoms with Gasteiger partial charge in [-0.15, -0.1) is 0 Å². The molecule has 1 N–H and O–H groups in total. The van der Waals surface area contributed by atoms with Gasteiger partial charge in [0.15, 0.2) is 0 Å². The SMILES string of the molecule is Cn1c(=O)n(C)c2cc(NS(=O)(=O)c3ccc4ccccc4c3)ccc21. The Morgan fingerprint density at radius 1 is 0.808 bits per heavy atom. The minimum absolute atomic E-state index is 0.158. The summed E-state index contributed by atoms with van der Waals surface area (Å²) in [5, 5.41) is 1.84. The molecule has 4 rings (SSSR count). The molecule has 7 heteroatoms. The molecule has 6 nitrogen and oxygen atoms in total. The van der Waals surface area contributed by atoms with E-state index >= 15 is 0 Å². The maximum Gasteiger partial charge on any atom is 0.328 e. The minimum atomic E-state index is -3.73. The van der Waals surface area contributed by atoms with Crippen molar-refractivity contribution in [3.8, 4) is 0 Å². The summed E-state index contributed by atoms with van der Waals surface area (Å²) in [5.41, 5.74) is 1.66. The van der Waals surface area contributed by atoms with Crippen LogP contribution in [0.15, 0.2) is 70.4 Å². The normalized spacial score (nSPS) is 11.9. The van der Waals surface area contributed by atoms with Crippen molar-refractivity contribution in [3.63, 3.8) is 0 Å². The average Bonchev–Trinajstić information content (AvgIpc) is 2.85. The number of rotatable bonds is 3. The molecule has 132 valence electrons. The molecule has 0 radical (unpaired) electrons. The topological polar surface area (TPSA) is 73.1 Å². The van der Waals surface area contributed by atoms with E-state index < -0.39 is 10.0 Å². The molecule has 0 atom stereocenters. The van der Waals surface area contributed by atoms with E-state index in [2.05, 4.69) is 4.72 Å². The van der Waals surface area contributed by atoms with E-state index in [4.69, 9.17) is 0 Å². The second kappa shape index (κ2) is 5.74. The Morgan fingerprint density at radius 2 is 1.50 bits per heavy atom. The van der Waals surface area contributed by atoms with Crippen LogP contribution < -0.4 is 10.4 Å². The number of aryl methyl sites for hydroxylation is 2. The molecule has 3 aromatic carbocycles. The Bertz CT molecular complexity index is 1320. The fourth-order valence-corrected chi connectivity index (χ4v) is 4.20. The van der Waals surface area contributed by atoms with E-state index in [1.807, 2.05) is 24.3 Å². The zero-order valence-electron chi connectivity index (χ0n) is 14.3. The van der Waals surface area contributed by atoms with E-state index in [1.165, 1.54) is 9.13 Å². The predicted octanol–water partition coefficient (Wildman–Crippen LogP) is 2.83. The molecule has 0 aliphatic carbocycles. The van der Waals surface area contributed by atoms with Crippen molar-refractivity contribution in [1.82, 2.24) is 9.13 Å². The zero-order chi connectivity index (χ0) is 18.5. The molecule has 4 aromatic rings. The maximum absolute atomic E-state index is 12.8. The number of anilines is 1. The maximum atomic E-state index is 12.8. The number of hydrogen-bond donors (Lipinski definition) is 1. The molecule has 0 aliphatic heterocycles. The number of hydrogen-bond acceptors (Lipinski definition) is 3. The number of fused-ring (bicyclic) bond motifs is 2. The summed E-state index contributed by atoms with van der Waals surface area (Å²) in [6, 6.07) is 17.7. The van der Waals surface area contributed by atoms with Crippen molar-refractivity contribution in [3.05, 3.63) is 71.1 Å². The fraction of sp³-hybridized carbons (Fsp3) is 0.105. The van der Waals surface area contributed by atoms with Gasteiger partial charge in [0.1, 0.15) is 0 Å². The Hall–Kier alpha value is -3.06. The third kappa shape index (κ3) is 2.57. The molecule has 0 saturated carbocycles. The molecule has 0 amide bonds. The van der Waals surface area contributed by atoms with Gasteiger partial charge in [0.05, 0.1) is 21.6 Å². The molecular weight excluding hydrogens is 350 g/mol. The van der Waals surface area contributed by atoms with Crippen molar-refractivity contribution in [2.75, 3.05) is 4.72 Å². The van der Waals surface area contributed by atoms with Crippen LogP contribution in [0, 0.1) is 0 Å². The van der Waals surface area contributed by atoms with Crippen LogP contribution >= 0.6 is 0 Å². The van der Waals surface area contributed by atoms with E-state index in [0.29, 0.717) is 11.2 Å². The van der Waals surface area contributed by atoms with Crippen molar-refractivity contribution in [2.45, 2.75) is 4.90 Å². The Balaban J connectivity index is 1.76.